The van der Waals surface area contributed by atoms with Crippen molar-refractivity contribution in [1.29, 1.82) is 0 Å². The highest BCUT2D eigenvalue weighted by Crippen LogP contribution is 2.43. The molecule has 1 fully saturated rings. The molecule has 9 nitrogen and oxygen atoms in total. The summed E-state index contributed by atoms with van der Waals surface area (Å²) < 4.78 is 0. The zero-order valence-electron chi connectivity index (χ0n) is 23.6. The first-order valence-corrected chi connectivity index (χ1v) is 14.0. The van der Waals surface area contributed by atoms with Crippen LogP contribution in [-0.2, 0) is 4.79 Å². The van der Waals surface area contributed by atoms with E-state index in [1.807, 2.05) is 51.7 Å². The standard InChI is InChI=1S/C29H40ClN5O4/c1-17(2)35(28(38)39)25(29(4,5)6)23(19-7-9-20(30)10-8-19)27(37)34-13-11-33(12-14-34)26-22-18(3)15-21(36)24(22)31-16-32-26/h7-10,16-18,21,23,25,36H,11-15H2,1-6H3,(H,38,39)/t18-,21-,23?,25+/m1/s1. The van der Waals surface area contributed by atoms with Gasteiger partial charge in [0.15, 0.2) is 0 Å². The number of aromatic nitrogens is 2. The van der Waals surface area contributed by atoms with E-state index in [0.29, 0.717) is 43.3 Å². The molecule has 39 heavy (non-hydrogen) atoms. The zero-order valence-corrected chi connectivity index (χ0v) is 24.4. The smallest absolute Gasteiger partial charge is 0.407 e. The first-order valence-electron chi connectivity index (χ1n) is 13.6. The van der Waals surface area contributed by atoms with Crippen molar-refractivity contribution in [1.82, 2.24) is 19.8 Å². The van der Waals surface area contributed by atoms with Gasteiger partial charge < -0.3 is 24.9 Å². The normalized spacial score (nSPS) is 21.1. The van der Waals surface area contributed by atoms with Gasteiger partial charge in [0.1, 0.15) is 12.1 Å². The average Bonchev–Trinajstić information content (AvgIpc) is 3.17. The highest BCUT2D eigenvalue weighted by Gasteiger charge is 2.46. The highest BCUT2D eigenvalue weighted by atomic mass is 35.5. The lowest BCUT2D eigenvalue weighted by molar-refractivity contribution is -0.136. The van der Waals surface area contributed by atoms with Gasteiger partial charge in [-0.15, -0.1) is 0 Å². The molecule has 0 radical (unpaired) electrons. The van der Waals surface area contributed by atoms with E-state index >= 15 is 0 Å². The molecule has 212 valence electrons. The van der Waals surface area contributed by atoms with Crippen LogP contribution in [0.4, 0.5) is 10.6 Å². The second-order valence-electron chi connectivity index (χ2n) is 12.1. The number of anilines is 1. The molecular weight excluding hydrogens is 518 g/mol. The van der Waals surface area contributed by atoms with Gasteiger partial charge in [0.05, 0.1) is 23.8 Å². The van der Waals surface area contributed by atoms with Crippen LogP contribution in [0, 0.1) is 5.41 Å². The number of carbonyl (C=O) groups excluding carboxylic acids is 1. The first kappa shape index (κ1) is 29.1. The third-order valence-electron chi connectivity index (χ3n) is 7.94. The lowest BCUT2D eigenvalue weighted by atomic mass is 9.74. The van der Waals surface area contributed by atoms with Gasteiger partial charge in [-0.25, -0.2) is 14.8 Å². The molecule has 2 amide bonds. The fraction of sp³-hybridized carbons (Fsp3) is 0.586. The number of amides is 2. The van der Waals surface area contributed by atoms with Gasteiger partial charge in [-0.1, -0.05) is 51.4 Å². The van der Waals surface area contributed by atoms with Gasteiger partial charge in [0.25, 0.3) is 0 Å². The number of nitrogens with zero attached hydrogens (tertiary/aromatic N) is 5. The van der Waals surface area contributed by atoms with Crippen molar-refractivity contribution in [2.45, 2.75) is 78.0 Å². The third-order valence-corrected chi connectivity index (χ3v) is 8.20. The molecule has 1 aliphatic carbocycles. The number of aliphatic hydroxyl groups is 1. The van der Waals surface area contributed by atoms with Crippen LogP contribution in [-0.4, -0.2) is 80.2 Å². The van der Waals surface area contributed by atoms with Gasteiger partial charge in [0.2, 0.25) is 5.91 Å². The largest absolute Gasteiger partial charge is 0.465 e. The maximum Gasteiger partial charge on any atom is 0.407 e. The number of carbonyl (C=O) groups is 2. The summed E-state index contributed by atoms with van der Waals surface area (Å²) in [6.45, 7) is 13.8. The molecule has 2 heterocycles. The predicted octanol–water partition coefficient (Wildman–Crippen LogP) is 4.91. The van der Waals surface area contributed by atoms with Crippen molar-refractivity contribution in [3.63, 3.8) is 0 Å². The van der Waals surface area contributed by atoms with Crippen molar-refractivity contribution >= 4 is 29.4 Å². The highest BCUT2D eigenvalue weighted by molar-refractivity contribution is 6.30. The Morgan fingerprint density at radius 1 is 1.08 bits per heavy atom. The number of halogens is 1. The van der Waals surface area contributed by atoms with Crippen LogP contribution in [0.1, 0.15) is 82.7 Å². The van der Waals surface area contributed by atoms with Crippen LogP contribution in [0.15, 0.2) is 30.6 Å². The summed E-state index contributed by atoms with van der Waals surface area (Å²) in [4.78, 5) is 41.2. The Morgan fingerprint density at radius 2 is 1.69 bits per heavy atom. The molecule has 4 rings (SSSR count). The molecule has 1 aromatic carbocycles. The minimum Gasteiger partial charge on any atom is -0.465 e. The van der Waals surface area contributed by atoms with Crippen LogP contribution in [0.5, 0.6) is 0 Å². The summed E-state index contributed by atoms with van der Waals surface area (Å²) >= 11 is 6.18. The van der Waals surface area contributed by atoms with E-state index in [0.717, 1.165) is 16.9 Å². The molecule has 4 atom stereocenters. The van der Waals surface area contributed by atoms with Gasteiger partial charge in [-0.3, -0.25) is 4.79 Å². The zero-order chi connectivity index (χ0) is 28.6. The van der Waals surface area contributed by atoms with E-state index in [9.17, 15) is 19.8 Å². The van der Waals surface area contributed by atoms with E-state index in [2.05, 4.69) is 21.8 Å². The number of benzene rings is 1. The Balaban J connectivity index is 1.64. The quantitative estimate of drug-likeness (QED) is 0.519. The fourth-order valence-electron chi connectivity index (χ4n) is 6.16. The number of hydrogen-bond acceptors (Lipinski definition) is 6. The molecule has 1 unspecified atom stereocenters. The Kier molecular flexibility index (Phi) is 8.42. The van der Waals surface area contributed by atoms with Crippen LogP contribution in [0.25, 0.3) is 0 Å². The molecule has 0 bridgehead atoms. The molecule has 1 saturated heterocycles. The Bertz CT molecular complexity index is 1190. The first-order chi connectivity index (χ1) is 18.3. The van der Waals surface area contributed by atoms with Crippen LogP contribution in [0.3, 0.4) is 0 Å². The predicted molar refractivity (Wildman–Crippen MR) is 151 cm³/mol. The van der Waals surface area contributed by atoms with E-state index in [4.69, 9.17) is 11.6 Å². The number of hydrogen-bond donors (Lipinski definition) is 2. The van der Waals surface area contributed by atoms with Crippen molar-refractivity contribution in [3.05, 3.63) is 52.4 Å². The average molecular weight is 558 g/mol. The summed E-state index contributed by atoms with van der Waals surface area (Å²) in [6, 6.07) is 6.24. The lowest BCUT2D eigenvalue weighted by Gasteiger charge is -2.46. The number of carboxylic acid groups (broad SMARTS) is 1. The Labute approximate surface area is 235 Å². The second kappa shape index (κ2) is 11.3. The van der Waals surface area contributed by atoms with Crippen LogP contribution < -0.4 is 4.90 Å². The van der Waals surface area contributed by atoms with Crippen LogP contribution in [0.2, 0.25) is 5.02 Å². The summed E-state index contributed by atoms with van der Waals surface area (Å²) in [5.41, 5.74) is 1.91. The summed E-state index contributed by atoms with van der Waals surface area (Å²) in [5.74, 6) is 0.187. The van der Waals surface area contributed by atoms with E-state index in [-0.39, 0.29) is 17.9 Å². The molecular formula is C29H40ClN5O4. The van der Waals surface area contributed by atoms with Crippen molar-refractivity contribution in [3.8, 4) is 0 Å². The second-order valence-corrected chi connectivity index (χ2v) is 12.5. The van der Waals surface area contributed by atoms with Crippen molar-refractivity contribution < 1.29 is 19.8 Å². The van der Waals surface area contributed by atoms with E-state index in [1.54, 1.807) is 12.1 Å². The van der Waals surface area contributed by atoms with Crippen molar-refractivity contribution in [2.75, 3.05) is 31.1 Å². The lowest BCUT2D eigenvalue weighted by Crippen LogP contribution is -2.58. The number of rotatable bonds is 6. The molecule has 0 spiro atoms. The molecule has 1 aliphatic heterocycles. The molecule has 1 aromatic heterocycles. The van der Waals surface area contributed by atoms with Crippen molar-refractivity contribution in [2.24, 2.45) is 5.41 Å². The van der Waals surface area contributed by atoms with Crippen LogP contribution >= 0.6 is 11.6 Å². The molecule has 2 aliphatic rings. The fourth-order valence-corrected chi connectivity index (χ4v) is 6.28. The summed E-state index contributed by atoms with van der Waals surface area (Å²) in [5, 5.41) is 21.2. The molecule has 10 heteroatoms. The van der Waals surface area contributed by atoms with Gasteiger partial charge in [-0.2, -0.15) is 0 Å². The summed E-state index contributed by atoms with van der Waals surface area (Å²) in [7, 11) is 0. The molecule has 2 aromatic rings. The minimum absolute atomic E-state index is 0.0968. The van der Waals surface area contributed by atoms with Gasteiger partial charge in [0, 0.05) is 42.8 Å². The molecule has 2 N–H and O–H groups in total. The van der Waals surface area contributed by atoms with E-state index in [1.165, 1.54) is 11.2 Å². The third kappa shape index (κ3) is 5.84. The summed E-state index contributed by atoms with van der Waals surface area (Å²) in [6.07, 6.45) is 0.513. The number of piperazine rings is 1. The molecule has 0 saturated carbocycles. The topological polar surface area (TPSA) is 110 Å². The van der Waals surface area contributed by atoms with Gasteiger partial charge in [-0.05, 0) is 49.3 Å². The maximum atomic E-state index is 14.3. The number of fused-ring (bicyclic) bond motifs is 1. The SMILES string of the molecule is CC(C)N(C(=O)O)[C@@H](C(C(=O)N1CCN(c2ncnc3c2[C@H](C)C[C@H]3O)CC1)c1ccc(Cl)cc1)C(C)(C)C. The van der Waals surface area contributed by atoms with Gasteiger partial charge >= 0.3 is 6.09 Å². The van der Waals surface area contributed by atoms with E-state index < -0.39 is 29.6 Å². The maximum absolute atomic E-state index is 14.3. The Hall–Kier alpha value is -2.91. The monoisotopic (exact) mass is 557 g/mol. The number of aliphatic hydroxyl groups excluding tert-OH is 1. The minimum atomic E-state index is -1.05. The Morgan fingerprint density at radius 3 is 2.23 bits per heavy atom.